The largest absolute Gasteiger partial charge is 0.454 e. The van der Waals surface area contributed by atoms with Crippen LogP contribution in [0.25, 0.3) is 11.3 Å². The van der Waals surface area contributed by atoms with Gasteiger partial charge in [-0.15, -0.1) is 0 Å². The molecule has 7 nitrogen and oxygen atoms in total. The molecule has 0 bridgehead atoms. The highest BCUT2D eigenvalue weighted by Gasteiger charge is 2.06. The Morgan fingerprint density at radius 2 is 1.56 bits per heavy atom. The average molecular weight is 356 g/mol. The quantitative estimate of drug-likeness (QED) is 0.556. The normalized spacial score (nSPS) is 10.4. The van der Waals surface area contributed by atoms with Gasteiger partial charge in [0.05, 0.1) is 18.1 Å². The summed E-state index contributed by atoms with van der Waals surface area (Å²) in [5, 5.41) is 3.23. The number of nitrogens with zero attached hydrogens (tertiary/aromatic N) is 4. The van der Waals surface area contributed by atoms with Crippen molar-refractivity contribution in [3.8, 4) is 22.8 Å². The zero-order chi connectivity index (χ0) is 18.5. The Labute approximate surface area is 155 Å². The first-order valence-electron chi connectivity index (χ1n) is 8.26. The first-order chi connectivity index (χ1) is 13.3. The fraction of sp³-hybridized carbons (Fsp3) is 0. The Bertz CT molecular complexity index is 1020. The molecule has 0 aliphatic heterocycles. The minimum absolute atomic E-state index is 0.211. The third kappa shape index (κ3) is 4.16. The Balaban J connectivity index is 1.51. The zero-order valence-electron chi connectivity index (χ0n) is 14.3. The first-order valence-corrected chi connectivity index (χ1v) is 8.26. The lowest BCUT2D eigenvalue weighted by atomic mass is 10.1. The van der Waals surface area contributed by atoms with E-state index in [0.717, 1.165) is 16.9 Å². The predicted octanol–water partition coefficient (Wildman–Crippen LogP) is 4.05. The second-order valence-electron chi connectivity index (χ2n) is 5.69. The molecule has 0 atom stereocenters. The molecular formula is C20H16N6O. The van der Waals surface area contributed by atoms with Crippen LogP contribution in [0.5, 0.6) is 11.5 Å². The molecule has 0 fully saturated rings. The van der Waals surface area contributed by atoms with Crippen molar-refractivity contribution in [1.29, 1.82) is 0 Å². The van der Waals surface area contributed by atoms with Crippen molar-refractivity contribution < 1.29 is 4.74 Å². The third-order valence-electron chi connectivity index (χ3n) is 3.71. The van der Waals surface area contributed by atoms with Crippen LogP contribution >= 0.6 is 0 Å². The molecule has 0 radical (unpaired) electrons. The molecule has 7 heteroatoms. The number of rotatable bonds is 5. The number of benzene rings is 2. The Kier molecular flexibility index (Phi) is 4.57. The van der Waals surface area contributed by atoms with Crippen LogP contribution in [0.15, 0.2) is 79.4 Å². The molecule has 4 rings (SSSR count). The fourth-order valence-electron chi connectivity index (χ4n) is 2.52. The SMILES string of the molecule is Nc1nc(Nc2ccc(Oc3cncnc3)cc2)cc(-c2ccccc2)n1. The number of anilines is 3. The van der Waals surface area contributed by atoms with Crippen LogP contribution in [0.1, 0.15) is 0 Å². The van der Waals surface area contributed by atoms with Crippen LogP contribution in [0.2, 0.25) is 0 Å². The summed E-state index contributed by atoms with van der Waals surface area (Å²) in [6, 6.07) is 19.1. The molecule has 0 spiro atoms. The summed E-state index contributed by atoms with van der Waals surface area (Å²) < 4.78 is 5.68. The van der Waals surface area contributed by atoms with Crippen LogP contribution < -0.4 is 15.8 Å². The van der Waals surface area contributed by atoms with Gasteiger partial charge in [-0.1, -0.05) is 30.3 Å². The van der Waals surface area contributed by atoms with E-state index < -0.39 is 0 Å². The number of aromatic nitrogens is 4. The molecule has 0 amide bonds. The molecule has 2 heterocycles. The molecular weight excluding hydrogens is 340 g/mol. The van der Waals surface area contributed by atoms with Gasteiger partial charge in [0.15, 0.2) is 5.75 Å². The molecule has 4 aromatic rings. The van der Waals surface area contributed by atoms with Crippen molar-refractivity contribution in [2.75, 3.05) is 11.1 Å². The van der Waals surface area contributed by atoms with E-state index in [1.54, 1.807) is 12.4 Å². The monoisotopic (exact) mass is 356 g/mol. The van der Waals surface area contributed by atoms with E-state index in [1.807, 2.05) is 60.7 Å². The molecule has 2 aromatic carbocycles. The first kappa shape index (κ1) is 16.5. The number of nitrogens with one attached hydrogen (secondary N) is 1. The van der Waals surface area contributed by atoms with E-state index in [1.165, 1.54) is 6.33 Å². The summed E-state index contributed by atoms with van der Waals surface area (Å²) in [7, 11) is 0. The molecule has 27 heavy (non-hydrogen) atoms. The second-order valence-corrected chi connectivity index (χ2v) is 5.69. The van der Waals surface area contributed by atoms with Crippen molar-refractivity contribution in [3.05, 3.63) is 79.4 Å². The lowest BCUT2D eigenvalue weighted by Gasteiger charge is -2.10. The second kappa shape index (κ2) is 7.49. The maximum absolute atomic E-state index is 5.87. The van der Waals surface area contributed by atoms with Gasteiger partial charge in [0.2, 0.25) is 5.95 Å². The van der Waals surface area contributed by atoms with Gasteiger partial charge < -0.3 is 15.8 Å². The topological polar surface area (TPSA) is 98.8 Å². The highest BCUT2D eigenvalue weighted by atomic mass is 16.5. The minimum Gasteiger partial charge on any atom is -0.454 e. The van der Waals surface area contributed by atoms with Crippen LogP contribution in [-0.4, -0.2) is 19.9 Å². The Hall–Kier alpha value is -4.00. The summed E-state index contributed by atoms with van der Waals surface area (Å²) in [5.74, 6) is 2.09. The number of hydrogen-bond acceptors (Lipinski definition) is 7. The van der Waals surface area contributed by atoms with E-state index in [0.29, 0.717) is 17.3 Å². The minimum atomic E-state index is 0.211. The Morgan fingerprint density at radius 1 is 0.815 bits per heavy atom. The number of nitrogen functional groups attached to an aromatic ring is 1. The lowest BCUT2D eigenvalue weighted by Crippen LogP contribution is -2.01. The molecule has 0 unspecified atom stereocenters. The number of nitrogens with two attached hydrogens (primary N) is 1. The van der Waals surface area contributed by atoms with Gasteiger partial charge in [0.1, 0.15) is 17.9 Å². The summed E-state index contributed by atoms with van der Waals surface area (Å²) in [6.07, 6.45) is 4.67. The van der Waals surface area contributed by atoms with E-state index in [4.69, 9.17) is 10.5 Å². The van der Waals surface area contributed by atoms with Crippen molar-refractivity contribution in [2.24, 2.45) is 0 Å². The van der Waals surface area contributed by atoms with Gasteiger partial charge in [-0.2, -0.15) is 4.98 Å². The molecule has 0 saturated heterocycles. The van der Waals surface area contributed by atoms with Gasteiger partial charge in [-0.3, -0.25) is 0 Å². The van der Waals surface area contributed by atoms with Crippen molar-refractivity contribution in [1.82, 2.24) is 19.9 Å². The molecule has 2 aromatic heterocycles. The number of hydrogen-bond donors (Lipinski definition) is 2. The molecule has 3 N–H and O–H groups in total. The summed E-state index contributed by atoms with van der Waals surface area (Å²) in [4.78, 5) is 16.4. The van der Waals surface area contributed by atoms with Crippen molar-refractivity contribution in [2.45, 2.75) is 0 Å². The molecule has 0 aliphatic rings. The number of ether oxygens (including phenoxy) is 1. The standard InChI is InChI=1S/C20H16N6O/c21-20-25-18(14-4-2-1-3-5-14)10-19(26-20)24-15-6-8-16(9-7-15)27-17-11-22-13-23-12-17/h1-13H,(H3,21,24,25,26). The van der Waals surface area contributed by atoms with E-state index >= 15 is 0 Å². The van der Waals surface area contributed by atoms with Crippen LogP contribution in [-0.2, 0) is 0 Å². The van der Waals surface area contributed by atoms with Gasteiger partial charge in [0, 0.05) is 17.3 Å². The van der Waals surface area contributed by atoms with E-state index in [2.05, 4.69) is 25.3 Å². The highest BCUT2D eigenvalue weighted by Crippen LogP contribution is 2.25. The summed E-state index contributed by atoms with van der Waals surface area (Å²) in [6.45, 7) is 0. The molecule has 0 saturated carbocycles. The van der Waals surface area contributed by atoms with Gasteiger partial charge in [-0.05, 0) is 24.3 Å². The predicted molar refractivity (Wildman–Crippen MR) is 104 cm³/mol. The maximum atomic E-state index is 5.87. The van der Waals surface area contributed by atoms with Crippen molar-refractivity contribution >= 4 is 17.5 Å². The van der Waals surface area contributed by atoms with Crippen LogP contribution in [0.3, 0.4) is 0 Å². The molecule has 0 aliphatic carbocycles. The third-order valence-corrected chi connectivity index (χ3v) is 3.71. The zero-order valence-corrected chi connectivity index (χ0v) is 14.3. The average Bonchev–Trinajstić information content (AvgIpc) is 2.71. The van der Waals surface area contributed by atoms with Crippen LogP contribution in [0, 0.1) is 0 Å². The fourth-order valence-corrected chi connectivity index (χ4v) is 2.52. The lowest BCUT2D eigenvalue weighted by molar-refractivity contribution is 0.477. The van der Waals surface area contributed by atoms with Gasteiger partial charge >= 0.3 is 0 Å². The van der Waals surface area contributed by atoms with Crippen LogP contribution in [0.4, 0.5) is 17.5 Å². The highest BCUT2D eigenvalue weighted by molar-refractivity contribution is 5.67. The van der Waals surface area contributed by atoms with Gasteiger partial charge in [0.25, 0.3) is 0 Å². The maximum Gasteiger partial charge on any atom is 0.222 e. The van der Waals surface area contributed by atoms with Gasteiger partial charge in [-0.25, -0.2) is 15.0 Å². The van der Waals surface area contributed by atoms with E-state index in [-0.39, 0.29) is 5.95 Å². The Morgan fingerprint density at radius 3 is 2.30 bits per heavy atom. The smallest absolute Gasteiger partial charge is 0.222 e. The molecule has 132 valence electrons. The summed E-state index contributed by atoms with van der Waals surface area (Å²) >= 11 is 0. The van der Waals surface area contributed by atoms with E-state index in [9.17, 15) is 0 Å². The van der Waals surface area contributed by atoms with Crippen molar-refractivity contribution in [3.63, 3.8) is 0 Å². The summed E-state index contributed by atoms with van der Waals surface area (Å²) in [5.41, 5.74) is 8.45.